The summed E-state index contributed by atoms with van der Waals surface area (Å²) in [7, 11) is 0. The van der Waals surface area contributed by atoms with Crippen LogP contribution < -0.4 is 5.56 Å². The van der Waals surface area contributed by atoms with Crippen molar-refractivity contribution in [2.24, 2.45) is 0 Å². The molecule has 4 rings (SSSR count). The van der Waals surface area contributed by atoms with E-state index in [2.05, 4.69) is 0 Å². The fourth-order valence-electron chi connectivity index (χ4n) is 3.52. The number of nitrogens with zero attached hydrogens (tertiary/aromatic N) is 1. The Bertz CT molecular complexity index is 1110. The van der Waals surface area contributed by atoms with Crippen molar-refractivity contribution in [3.05, 3.63) is 98.8 Å². The smallest absolute Gasteiger partial charge is 0.252 e. The minimum absolute atomic E-state index is 0.0270. The van der Waals surface area contributed by atoms with Crippen molar-refractivity contribution in [3.8, 4) is 0 Å². The zero-order valence-electron chi connectivity index (χ0n) is 15.1. The van der Waals surface area contributed by atoms with E-state index in [1.54, 1.807) is 31.2 Å². The van der Waals surface area contributed by atoms with Crippen LogP contribution in [0.4, 0.5) is 8.78 Å². The van der Waals surface area contributed by atoms with Crippen LogP contribution in [0.2, 0.25) is 0 Å². The third-order valence-electron chi connectivity index (χ3n) is 5.00. The molecule has 0 amide bonds. The first-order chi connectivity index (χ1) is 13.5. The second kappa shape index (κ2) is 7.36. The van der Waals surface area contributed by atoms with E-state index in [1.165, 1.54) is 40.6 Å². The zero-order chi connectivity index (χ0) is 19.8. The lowest BCUT2D eigenvalue weighted by atomic mass is 10.0. The first kappa shape index (κ1) is 18.6. The zero-order valence-corrected chi connectivity index (χ0v) is 15.9. The average Bonchev–Trinajstić information content (AvgIpc) is 3.12. The summed E-state index contributed by atoms with van der Waals surface area (Å²) in [5, 5.41) is 0.613. The molecule has 0 radical (unpaired) electrons. The van der Waals surface area contributed by atoms with Crippen molar-refractivity contribution in [1.29, 1.82) is 0 Å². The van der Waals surface area contributed by atoms with Gasteiger partial charge in [0.05, 0.1) is 5.03 Å². The van der Waals surface area contributed by atoms with Crippen molar-refractivity contribution >= 4 is 17.5 Å². The molecule has 0 N–H and O–H groups in total. The standard InChI is InChI=1S/C22H17F2NO2S/c1-13-10-20(26)25-19(21(27)14-6-3-2-4-7-14)12-28-22(25)15(13)11-16-17(23)8-5-9-18(16)24/h2-10,19H,11-12H2,1H3. The van der Waals surface area contributed by atoms with Crippen LogP contribution in [0.1, 0.15) is 33.1 Å². The highest BCUT2D eigenvalue weighted by Gasteiger charge is 2.33. The van der Waals surface area contributed by atoms with Crippen LogP contribution in [-0.2, 0) is 6.42 Å². The predicted molar refractivity (Wildman–Crippen MR) is 105 cm³/mol. The van der Waals surface area contributed by atoms with E-state index in [0.717, 1.165) is 0 Å². The number of pyridine rings is 1. The van der Waals surface area contributed by atoms with E-state index in [9.17, 15) is 18.4 Å². The maximum Gasteiger partial charge on any atom is 0.252 e. The van der Waals surface area contributed by atoms with E-state index < -0.39 is 17.7 Å². The van der Waals surface area contributed by atoms with E-state index in [-0.39, 0.29) is 23.3 Å². The Balaban J connectivity index is 1.79. The normalized spacial score (nSPS) is 15.5. The Morgan fingerprint density at radius 1 is 1.07 bits per heavy atom. The highest BCUT2D eigenvalue weighted by Crippen LogP contribution is 2.38. The van der Waals surface area contributed by atoms with Gasteiger partial charge in [-0.2, -0.15) is 0 Å². The number of hydrogen-bond donors (Lipinski definition) is 0. The Morgan fingerprint density at radius 3 is 2.43 bits per heavy atom. The minimum atomic E-state index is -0.625. The summed E-state index contributed by atoms with van der Waals surface area (Å²) in [6.07, 6.45) is 0.0270. The van der Waals surface area contributed by atoms with Crippen molar-refractivity contribution < 1.29 is 13.6 Å². The molecule has 1 unspecified atom stereocenters. The van der Waals surface area contributed by atoms with Gasteiger partial charge in [-0.05, 0) is 30.2 Å². The Morgan fingerprint density at radius 2 is 1.75 bits per heavy atom. The molecule has 6 heteroatoms. The number of benzene rings is 2. The molecule has 28 heavy (non-hydrogen) atoms. The third-order valence-corrected chi connectivity index (χ3v) is 6.20. The molecule has 1 aliphatic rings. The first-order valence-corrected chi connectivity index (χ1v) is 9.86. The summed E-state index contributed by atoms with van der Waals surface area (Å²) >= 11 is 1.38. The largest absolute Gasteiger partial charge is 0.292 e. The van der Waals surface area contributed by atoms with Crippen LogP contribution >= 0.6 is 11.8 Å². The summed E-state index contributed by atoms with van der Waals surface area (Å²) in [6.45, 7) is 1.75. The van der Waals surface area contributed by atoms with Crippen molar-refractivity contribution in [1.82, 2.24) is 4.57 Å². The lowest BCUT2D eigenvalue weighted by molar-refractivity contribution is 0.0934. The number of Topliss-reactive ketones (excluding diaryl/α,β-unsaturated/α-hetero) is 1. The number of aromatic nitrogens is 1. The molecule has 3 aromatic rings. The molecular weight excluding hydrogens is 380 g/mol. The predicted octanol–water partition coefficient (Wildman–Crippen LogP) is 4.56. The summed E-state index contributed by atoms with van der Waals surface area (Å²) in [5.41, 5.74) is 1.57. The van der Waals surface area contributed by atoms with Crippen LogP contribution in [0.25, 0.3) is 0 Å². The molecule has 0 fully saturated rings. The van der Waals surface area contributed by atoms with Gasteiger partial charge in [-0.25, -0.2) is 8.78 Å². The summed E-state index contributed by atoms with van der Waals surface area (Å²) in [6, 6.07) is 13.4. The van der Waals surface area contributed by atoms with Gasteiger partial charge < -0.3 is 0 Å². The van der Waals surface area contributed by atoms with Gasteiger partial charge in [-0.3, -0.25) is 14.2 Å². The maximum atomic E-state index is 14.2. The third kappa shape index (κ3) is 3.18. The van der Waals surface area contributed by atoms with Crippen molar-refractivity contribution in [3.63, 3.8) is 0 Å². The molecule has 1 atom stereocenters. The number of carbonyl (C=O) groups is 1. The molecule has 0 saturated carbocycles. The van der Waals surface area contributed by atoms with Gasteiger partial charge in [0.2, 0.25) is 0 Å². The molecule has 142 valence electrons. The molecule has 1 aromatic heterocycles. The highest BCUT2D eigenvalue weighted by atomic mass is 32.2. The number of hydrogen-bond acceptors (Lipinski definition) is 3. The van der Waals surface area contributed by atoms with Gasteiger partial charge in [0, 0.05) is 29.4 Å². The van der Waals surface area contributed by atoms with E-state index in [1.807, 2.05) is 6.07 Å². The number of aryl methyl sites for hydroxylation is 1. The monoisotopic (exact) mass is 397 g/mol. The van der Waals surface area contributed by atoms with Crippen molar-refractivity contribution in [2.45, 2.75) is 24.4 Å². The lowest BCUT2D eigenvalue weighted by Gasteiger charge is -2.16. The van der Waals surface area contributed by atoms with E-state index in [0.29, 0.717) is 27.5 Å². The van der Waals surface area contributed by atoms with Crippen LogP contribution in [-0.4, -0.2) is 16.1 Å². The summed E-state index contributed by atoms with van der Waals surface area (Å²) in [5.74, 6) is -0.964. The van der Waals surface area contributed by atoms with Crippen LogP contribution in [0.3, 0.4) is 0 Å². The topological polar surface area (TPSA) is 39.1 Å². The number of thioether (sulfide) groups is 1. The van der Waals surface area contributed by atoms with Crippen LogP contribution in [0.5, 0.6) is 0 Å². The van der Waals surface area contributed by atoms with E-state index >= 15 is 0 Å². The van der Waals surface area contributed by atoms with Crippen molar-refractivity contribution in [2.75, 3.05) is 5.75 Å². The Kier molecular flexibility index (Phi) is 4.89. The van der Waals surface area contributed by atoms with Gasteiger partial charge >= 0.3 is 0 Å². The van der Waals surface area contributed by atoms with Gasteiger partial charge in [-0.15, -0.1) is 11.8 Å². The fraction of sp³-hybridized carbons (Fsp3) is 0.182. The summed E-state index contributed by atoms with van der Waals surface area (Å²) in [4.78, 5) is 25.6. The lowest BCUT2D eigenvalue weighted by Crippen LogP contribution is -2.29. The molecule has 0 saturated heterocycles. The number of fused-ring (bicyclic) bond motifs is 1. The second-order valence-electron chi connectivity index (χ2n) is 6.75. The first-order valence-electron chi connectivity index (χ1n) is 8.87. The Labute approximate surface area is 165 Å². The molecular formula is C22H17F2NO2S. The number of carbonyl (C=O) groups excluding carboxylic acids is 1. The quantitative estimate of drug-likeness (QED) is 0.606. The summed E-state index contributed by atoms with van der Waals surface area (Å²) < 4.78 is 29.8. The molecule has 0 bridgehead atoms. The molecule has 2 heterocycles. The van der Waals surface area contributed by atoms with Crippen LogP contribution in [0.15, 0.2) is 64.4 Å². The van der Waals surface area contributed by atoms with Gasteiger partial charge in [0.25, 0.3) is 5.56 Å². The van der Waals surface area contributed by atoms with Gasteiger partial charge in [0.15, 0.2) is 5.78 Å². The molecule has 0 spiro atoms. The number of halogens is 2. The number of ketones is 1. The van der Waals surface area contributed by atoms with Gasteiger partial charge in [0.1, 0.15) is 17.7 Å². The maximum absolute atomic E-state index is 14.2. The SMILES string of the molecule is Cc1cc(=O)n2c(c1Cc1c(F)cccc1F)SCC2C(=O)c1ccccc1. The van der Waals surface area contributed by atoms with Gasteiger partial charge in [-0.1, -0.05) is 36.4 Å². The number of rotatable bonds is 4. The van der Waals surface area contributed by atoms with E-state index in [4.69, 9.17) is 0 Å². The second-order valence-corrected chi connectivity index (χ2v) is 7.76. The molecule has 2 aromatic carbocycles. The average molecular weight is 397 g/mol. The minimum Gasteiger partial charge on any atom is -0.292 e. The highest BCUT2D eigenvalue weighted by molar-refractivity contribution is 7.99. The molecule has 1 aliphatic heterocycles. The fourth-order valence-corrected chi connectivity index (χ4v) is 4.90. The molecule has 3 nitrogen and oxygen atoms in total. The van der Waals surface area contributed by atoms with Crippen LogP contribution in [0, 0.1) is 18.6 Å². The Hall–Kier alpha value is -2.73. The molecule has 0 aliphatic carbocycles.